The lowest BCUT2D eigenvalue weighted by Crippen LogP contribution is -2.44. The zero-order valence-electron chi connectivity index (χ0n) is 15.2. The highest BCUT2D eigenvalue weighted by Crippen LogP contribution is 2.25. The van der Waals surface area contributed by atoms with E-state index >= 15 is 0 Å². The van der Waals surface area contributed by atoms with Gasteiger partial charge in [-0.05, 0) is 44.2 Å². The molecule has 3 rings (SSSR count). The summed E-state index contributed by atoms with van der Waals surface area (Å²) in [6.45, 7) is 3.49. The number of amides is 1. The minimum atomic E-state index is -0.576. The van der Waals surface area contributed by atoms with E-state index in [1.54, 1.807) is 23.9 Å². The van der Waals surface area contributed by atoms with Crippen LogP contribution in [-0.4, -0.2) is 51.7 Å². The predicted molar refractivity (Wildman–Crippen MR) is 101 cm³/mol. The van der Waals surface area contributed by atoms with Gasteiger partial charge in [0.15, 0.2) is 0 Å². The van der Waals surface area contributed by atoms with Gasteiger partial charge in [-0.1, -0.05) is 19.3 Å². The topological polar surface area (TPSA) is 90.4 Å². The SMILES string of the molecule is O=C(/C=C/c1cnc(NC2CCCN(CC3CCCCC3)C2)nc1)NO. The van der Waals surface area contributed by atoms with Gasteiger partial charge in [-0.25, -0.2) is 15.4 Å². The van der Waals surface area contributed by atoms with Crippen molar-refractivity contribution in [1.82, 2.24) is 20.3 Å². The van der Waals surface area contributed by atoms with Gasteiger partial charge in [-0.2, -0.15) is 0 Å². The molecule has 7 nitrogen and oxygen atoms in total. The summed E-state index contributed by atoms with van der Waals surface area (Å²) >= 11 is 0. The maximum absolute atomic E-state index is 11.0. The summed E-state index contributed by atoms with van der Waals surface area (Å²) < 4.78 is 0. The molecule has 26 heavy (non-hydrogen) atoms. The van der Waals surface area contributed by atoms with Crippen molar-refractivity contribution in [1.29, 1.82) is 0 Å². The standard InChI is InChI=1S/C19H29N5O2/c25-18(23-26)9-8-16-11-20-19(21-12-16)22-17-7-4-10-24(14-17)13-15-5-2-1-3-6-15/h8-9,11-12,15,17,26H,1-7,10,13-14H2,(H,23,25)(H,20,21,22)/b9-8+. The third-order valence-corrected chi connectivity index (χ3v) is 5.29. The van der Waals surface area contributed by atoms with Gasteiger partial charge >= 0.3 is 0 Å². The van der Waals surface area contributed by atoms with Crippen LogP contribution in [0.25, 0.3) is 6.08 Å². The van der Waals surface area contributed by atoms with Crippen LogP contribution in [0.2, 0.25) is 0 Å². The Morgan fingerprint density at radius 2 is 1.96 bits per heavy atom. The number of hydroxylamine groups is 1. The summed E-state index contributed by atoms with van der Waals surface area (Å²) in [4.78, 5) is 22.2. The zero-order chi connectivity index (χ0) is 18.2. The number of rotatable bonds is 6. The fourth-order valence-electron chi connectivity index (χ4n) is 3.96. The summed E-state index contributed by atoms with van der Waals surface area (Å²) in [6.07, 6.45) is 15.5. The van der Waals surface area contributed by atoms with Crippen molar-refractivity contribution >= 4 is 17.9 Å². The average Bonchev–Trinajstić information content (AvgIpc) is 2.68. The van der Waals surface area contributed by atoms with Gasteiger partial charge in [-0.15, -0.1) is 0 Å². The van der Waals surface area contributed by atoms with Crippen molar-refractivity contribution in [3.8, 4) is 0 Å². The molecule has 1 saturated carbocycles. The molecule has 1 aliphatic heterocycles. The van der Waals surface area contributed by atoms with E-state index in [1.165, 1.54) is 57.7 Å². The molecule has 1 atom stereocenters. The van der Waals surface area contributed by atoms with Crippen molar-refractivity contribution in [2.24, 2.45) is 5.92 Å². The Bertz CT molecular complexity index is 598. The highest BCUT2D eigenvalue weighted by Gasteiger charge is 2.23. The fourth-order valence-corrected chi connectivity index (χ4v) is 3.96. The van der Waals surface area contributed by atoms with Crippen molar-refractivity contribution in [2.75, 3.05) is 25.0 Å². The lowest BCUT2D eigenvalue weighted by atomic mass is 9.88. The lowest BCUT2D eigenvalue weighted by Gasteiger charge is -2.36. The van der Waals surface area contributed by atoms with E-state index in [4.69, 9.17) is 5.21 Å². The maximum Gasteiger partial charge on any atom is 0.267 e. The van der Waals surface area contributed by atoms with Gasteiger partial charge < -0.3 is 10.2 Å². The maximum atomic E-state index is 11.0. The Kier molecular flexibility index (Phi) is 6.96. The smallest absolute Gasteiger partial charge is 0.267 e. The zero-order valence-corrected chi connectivity index (χ0v) is 15.2. The van der Waals surface area contributed by atoms with Crippen molar-refractivity contribution in [3.63, 3.8) is 0 Å². The lowest BCUT2D eigenvalue weighted by molar-refractivity contribution is -0.124. The van der Waals surface area contributed by atoms with Crippen LogP contribution >= 0.6 is 0 Å². The molecule has 1 aromatic heterocycles. The van der Waals surface area contributed by atoms with Gasteiger partial charge in [-0.3, -0.25) is 10.0 Å². The molecule has 1 unspecified atom stereocenters. The van der Waals surface area contributed by atoms with E-state index in [0.717, 1.165) is 18.9 Å². The number of piperidine rings is 1. The first-order valence-corrected chi connectivity index (χ1v) is 9.66. The third kappa shape index (κ3) is 5.78. The van der Waals surface area contributed by atoms with Gasteiger partial charge in [0.1, 0.15) is 0 Å². The number of likely N-dealkylation sites (tertiary alicyclic amines) is 1. The average molecular weight is 359 g/mol. The molecule has 0 radical (unpaired) electrons. The van der Waals surface area contributed by atoms with E-state index in [2.05, 4.69) is 20.2 Å². The molecule has 7 heteroatoms. The highest BCUT2D eigenvalue weighted by molar-refractivity contribution is 5.90. The van der Waals surface area contributed by atoms with Crippen LogP contribution in [0.15, 0.2) is 18.5 Å². The van der Waals surface area contributed by atoms with Crippen molar-refractivity contribution < 1.29 is 10.0 Å². The summed E-state index contributed by atoms with van der Waals surface area (Å²) in [5, 5.41) is 11.9. The summed E-state index contributed by atoms with van der Waals surface area (Å²) in [5.74, 6) is 0.923. The molecule has 2 aliphatic rings. The molecular formula is C19H29N5O2. The molecule has 142 valence electrons. The summed E-state index contributed by atoms with van der Waals surface area (Å²) in [7, 11) is 0. The first-order chi connectivity index (χ1) is 12.7. The number of anilines is 1. The molecule has 2 heterocycles. The number of carbonyl (C=O) groups is 1. The first kappa shape index (κ1) is 18.8. The number of hydrogen-bond donors (Lipinski definition) is 3. The number of aromatic nitrogens is 2. The fraction of sp³-hybridized carbons (Fsp3) is 0.632. The quantitative estimate of drug-likeness (QED) is 0.411. The predicted octanol–water partition coefficient (Wildman–Crippen LogP) is 2.45. The molecule has 3 N–H and O–H groups in total. The number of hydrogen-bond acceptors (Lipinski definition) is 6. The van der Waals surface area contributed by atoms with Gasteiger partial charge in [0, 0.05) is 43.2 Å². The van der Waals surface area contributed by atoms with Crippen LogP contribution in [0, 0.1) is 5.92 Å². The second kappa shape index (κ2) is 9.64. The van der Waals surface area contributed by atoms with Crippen LogP contribution in [0.4, 0.5) is 5.95 Å². The number of nitrogens with one attached hydrogen (secondary N) is 2. The Labute approximate surface area is 154 Å². The molecular weight excluding hydrogens is 330 g/mol. The van der Waals surface area contributed by atoms with E-state index in [0.29, 0.717) is 17.6 Å². The summed E-state index contributed by atoms with van der Waals surface area (Å²) in [5.41, 5.74) is 2.26. The largest absolute Gasteiger partial charge is 0.350 e. The monoisotopic (exact) mass is 359 g/mol. The molecule has 0 bridgehead atoms. The molecule has 1 aromatic rings. The van der Waals surface area contributed by atoms with Crippen LogP contribution in [0.3, 0.4) is 0 Å². The molecule has 1 aliphatic carbocycles. The van der Waals surface area contributed by atoms with Crippen LogP contribution in [0.1, 0.15) is 50.5 Å². The normalized spacial score (nSPS) is 22.4. The van der Waals surface area contributed by atoms with Crippen LogP contribution in [0.5, 0.6) is 0 Å². The Balaban J connectivity index is 1.48. The molecule has 2 fully saturated rings. The van der Waals surface area contributed by atoms with Gasteiger partial charge in [0.25, 0.3) is 5.91 Å². The molecule has 1 amide bonds. The Morgan fingerprint density at radius 3 is 2.69 bits per heavy atom. The first-order valence-electron chi connectivity index (χ1n) is 9.66. The van der Waals surface area contributed by atoms with Gasteiger partial charge in [0.2, 0.25) is 5.95 Å². The molecule has 0 spiro atoms. The second-order valence-corrected chi connectivity index (χ2v) is 7.40. The number of nitrogens with zero attached hydrogens (tertiary/aromatic N) is 3. The minimum Gasteiger partial charge on any atom is -0.350 e. The van der Waals surface area contributed by atoms with Gasteiger partial charge in [0.05, 0.1) is 0 Å². The minimum absolute atomic E-state index is 0.383. The van der Waals surface area contributed by atoms with Crippen molar-refractivity contribution in [2.45, 2.75) is 51.0 Å². The Morgan fingerprint density at radius 1 is 1.19 bits per heavy atom. The molecule has 1 saturated heterocycles. The number of carbonyl (C=O) groups excluding carboxylic acids is 1. The summed E-state index contributed by atoms with van der Waals surface area (Å²) in [6, 6.07) is 0.383. The highest BCUT2D eigenvalue weighted by atomic mass is 16.5. The van der Waals surface area contributed by atoms with Crippen LogP contribution in [-0.2, 0) is 4.79 Å². The van der Waals surface area contributed by atoms with E-state index < -0.39 is 5.91 Å². The Hall–Kier alpha value is -1.99. The third-order valence-electron chi connectivity index (χ3n) is 5.29. The van der Waals surface area contributed by atoms with Crippen molar-refractivity contribution in [3.05, 3.63) is 24.0 Å². The second-order valence-electron chi connectivity index (χ2n) is 7.40. The van der Waals surface area contributed by atoms with Crippen LogP contribution < -0.4 is 10.8 Å². The van der Waals surface area contributed by atoms with E-state index in [9.17, 15) is 4.79 Å². The van der Waals surface area contributed by atoms with E-state index in [1.807, 2.05) is 0 Å². The molecule has 0 aromatic carbocycles. The van der Waals surface area contributed by atoms with E-state index in [-0.39, 0.29) is 0 Å².